The summed E-state index contributed by atoms with van der Waals surface area (Å²) in [5.74, 6) is 0. The number of hydrogen-bond acceptors (Lipinski definition) is 0. The monoisotopic (exact) mass is 760 g/mol. The van der Waals surface area contributed by atoms with Gasteiger partial charge in [-0.25, -0.2) is 0 Å². The largest absolute Gasteiger partial charge is 0.0616 e. The van der Waals surface area contributed by atoms with Crippen molar-refractivity contribution in [3.8, 4) is 44.5 Å². The fourth-order valence-corrected chi connectivity index (χ4v) is 10.0. The van der Waals surface area contributed by atoms with E-state index in [4.69, 9.17) is 0 Å². The average molecular weight is 761 g/mol. The lowest BCUT2D eigenvalue weighted by atomic mass is 9.83. The second kappa shape index (κ2) is 13.5. The molecular formula is C60H40. The van der Waals surface area contributed by atoms with Crippen LogP contribution in [0.3, 0.4) is 0 Å². The first-order valence-electron chi connectivity index (χ1n) is 21.0. The Balaban J connectivity index is 1.11. The van der Waals surface area contributed by atoms with Gasteiger partial charge in [0.05, 0.1) is 0 Å². The standard InChI is InChI=1S/C60H40/c1-37-19-21-40-12-5-7-15-49(40)59(37)57-36-56-54-34-48(47-28-27-45-32-44(25-26-46(45)33-47)43-24-23-39-11-3-4-14-42(39)31-43)29-30-53(54)58(35-55(56)51-17-9-10-18-52(51)57)60-38(2)20-22-41-13-6-8-16-50(41)60/h3-36H,1-2H3. The molecule has 0 radical (unpaired) electrons. The third kappa shape index (κ3) is 5.45. The Morgan fingerprint density at radius 2 is 0.567 bits per heavy atom. The van der Waals surface area contributed by atoms with E-state index in [1.54, 1.807) is 0 Å². The molecule has 0 nitrogen and oxygen atoms in total. The van der Waals surface area contributed by atoms with Crippen molar-refractivity contribution in [2.45, 2.75) is 13.8 Å². The Kier molecular flexibility index (Phi) is 7.77. The summed E-state index contributed by atoms with van der Waals surface area (Å²) in [5.41, 5.74) is 12.6. The van der Waals surface area contributed by atoms with Gasteiger partial charge < -0.3 is 0 Å². The highest BCUT2D eigenvalue weighted by atomic mass is 14.2. The van der Waals surface area contributed by atoms with Crippen LogP contribution < -0.4 is 0 Å². The molecule has 0 amide bonds. The van der Waals surface area contributed by atoms with Crippen molar-refractivity contribution in [2.75, 3.05) is 0 Å². The zero-order valence-electron chi connectivity index (χ0n) is 33.6. The van der Waals surface area contributed by atoms with E-state index in [9.17, 15) is 0 Å². The van der Waals surface area contributed by atoms with E-state index in [0.717, 1.165) is 0 Å². The molecular weight excluding hydrogens is 721 g/mol. The van der Waals surface area contributed by atoms with Gasteiger partial charge in [-0.15, -0.1) is 0 Å². The molecule has 0 N–H and O–H groups in total. The highest BCUT2D eigenvalue weighted by Crippen LogP contribution is 2.46. The molecule has 0 spiro atoms. The van der Waals surface area contributed by atoms with Crippen molar-refractivity contribution in [3.63, 3.8) is 0 Å². The van der Waals surface area contributed by atoms with Gasteiger partial charge in [0.1, 0.15) is 0 Å². The number of fused-ring (bicyclic) bond motifs is 9. The van der Waals surface area contributed by atoms with E-state index in [-0.39, 0.29) is 0 Å². The van der Waals surface area contributed by atoms with Gasteiger partial charge in [-0.3, -0.25) is 0 Å². The van der Waals surface area contributed by atoms with Gasteiger partial charge in [0.15, 0.2) is 0 Å². The summed E-state index contributed by atoms with van der Waals surface area (Å²) in [6, 6.07) is 77.1. The van der Waals surface area contributed by atoms with Gasteiger partial charge in [-0.2, -0.15) is 0 Å². The second-order valence-electron chi connectivity index (χ2n) is 16.5. The zero-order chi connectivity index (χ0) is 39.9. The third-order valence-electron chi connectivity index (χ3n) is 13.0. The molecule has 0 unspecified atom stereocenters. The van der Waals surface area contributed by atoms with E-state index < -0.39 is 0 Å². The van der Waals surface area contributed by atoms with Crippen LogP contribution in [0.5, 0.6) is 0 Å². The minimum absolute atomic E-state index is 1.21. The summed E-state index contributed by atoms with van der Waals surface area (Å²) in [6.45, 7) is 4.52. The maximum Gasteiger partial charge on any atom is -0.00697 e. The third-order valence-corrected chi connectivity index (χ3v) is 13.0. The number of benzene rings is 12. The van der Waals surface area contributed by atoms with Crippen LogP contribution in [0.1, 0.15) is 11.1 Å². The van der Waals surface area contributed by atoms with Gasteiger partial charge in [-0.1, -0.05) is 170 Å². The fourth-order valence-electron chi connectivity index (χ4n) is 10.0. The topological polar surface area (TPSA) is 0 Å². The Morgan fingerprint density at radius 1 is 0.217 bits per heavy atom. The molecule has 0 aromatic heterocycles. The molecule has 60 heavy (non-hydrogen) atoms. The SMILES string of the molecule is Cc1ccc2ccccc2c1-c1cc2c3cc(-c4ccc5cc(-c6ccc7ccccc7c6)ccc5c4)ccc3c(-c3c(C)ccc4ccccc34)cc2c2ccccc12. The summed E-state index contributed by atoms with van der Waals surface area (Å²) in [4.78, 5) is 0. The van der Waals surface area contributed by atoms with E-state index in [1.807, 2.05) is 0 Å². The summed E-state index contributed by atoms with van der Waals surface area (Å²) < 4.78 is 0. The number of rotatable bonds is 4. The molecule has 12 aromatic carbocycles. The van der Waals surface area contributed by atoms with Crippen molar-refractivity contribution in [1.29, 1.82) is 0 Å². The minimum Gasteiger partial charge on any atom is -0.0616 e. The molecule has 0 saturated heterocycles. The lowest BCUT2D eigenvalue weighted by Gasteiger charge is -2.20. The Hall–Kier alpha value is -7.54. The lowest BCUT2D eigenvalue weighted by molar-refractivity contribution is 1.50. The minimum atomic E-state index is 1.21. The van der Waals surface area contributed by atoms with E-state index in [1.165, 1.54) is 131 Å². The van der Waals surface area contributed by atoms with Crippen molar-refractivity contribution in [3.05, 3.63) is 217 Å². The van der Waals surface area contributed by atoms with Crippen LogP contribution in [0.4, 0.5) is 0 Å². The van der Waals surface area contributed by atoms with Crippen LogP contribution in [0.15, 0.2) is 206 Å². The molecule has 12 aromatic rings. The molecule has 0 saturated carbocycles. The van der Waals surface area contributed by atoms with E-state index >= 15 is 0 Å². The predicted molar refractivity (Wildman–Crippen MR) is 260 cm³/mol. The zero-order valence-corrected chi connectivity index (χ0v) is 33.6. The van der Waals surface area contributed by atoms with Crippen LogP contribution in [0.25, 0.3) is 120 Å². The van der Waals surface area contributed by atoms with Gasteiger partial charge in [-0.05, 0) is 181 Å². The van der Waals surface area contributed by atoms with Crippen LogP contribution >= 0.6 is 0 Å². The lowest BCUT2D eigenvalue weighted by Crippen LogP contribution is -1.93. The summed E-state index contributed by atoms with van der Waals surface area (Å²) in [6.07, 6.45) is 0. The quantitative estimate of drug-likeness (QED) is 0.157. The van der Waals surface area contributed by atoms with Gasteiger partial charge >= 0.3 is 0 Å². The second-order valence-corrected chi connectivity index (χ2v) is 16.5. The molecule has 0 aliphatic heterocycles. The van der Waals surface area contributed by atoms with Crippen LogP contribution in [0, 0.1) is 13.8 Å². The van der Waals surface area contributed by atoms with Crippen LogP contribution in [0.2, 0.25) is 0 Å². The maximum absolute atomic E-state index is 2.49. The summed E-state index contributed by atoms with van der Waals surface area (Å²) in [5, 5.41) is 17.7. The maximum atomic E-state index is 2.49. The van der Waals surface area contributed by atoms with E-state index in [0.29, 0.717) is 0 Å². The molecule has 0 fully saturated rings. The predicted octanol–water partition coefficient (Wildman–Crippen LogP) is 17.0. The molecule has 0 bridgehead atoms. The Labute approximate surface area is 349 Å². The molecule has 12 rings (SSSR count). The van der Waals surface area contributed by atoms with Crippen molar-refractivity contribution in [2.24, 2.45) is 0 Å². The average Bonchev–Trinajstić information content (AvgIpc) is 3.30. The Morgan fingerprint density at radius 3 is 1.13 bits per heavy atom. The summed E-state index contributed by atoms with van der Waals surface area (Å²) in [7, 11) is 0. The van der Waals surface area contributed by atoms with Gasteiger partial charge in [0.2, 0.25) is 0 Å². The molecule has 0 heterocycles. The highest BCUT2D eigenvalue weighted by Gasteiger charge is 2.19. The molecule has 0 aliphatic carbocycles. The molecule has 280 valence electrons. The highest BCUT2D eigenvalue weighted by molar-refractivity contribution is 6.26. The molecule has 0 atom stereocenters. The summed E-state index contributed by atoms with van der Waals surface area (Å²) >= 11 is 0. The van der Waals surface area contributed by atoms with Crippen LogP contribution in [-0.4, -0.2) is 0 Å². The molecule has 0 heteroatoms. The molecule has 0 aliphatic rings. The first kappa shape index (κ1) is 34.5. The Bertz CT molecular complexity index is 3730. The van der Waals surface area contributed by atoms with E-state index in [2.05, 4.69) is 220 Å². The smallest absolute Gasteiger partial charge is 0.00697 e. The van der Waals surface area contributed by atoms with Crippen molar-refractivity contribution < 1.29 is 0 Å². The normalized spacial score (nSPS) is 11.8. The fraction of sp³-hybridized carbons (Fsp3) is 0.0333. The van der Waals surface area contributed by atoms with Crippen LogP contribution in [-0.2, 0) is 0 Å². The number of hydrogen-bond donors (Lipinski definition) is 0. The van der Waals surface area contributed by atoms with Crippen molar-refractivity contribution >= 4 is 75.4 Å². The first-order chi connectivity index (χ1) is 29.6. The van der Waals surface area contributed by atoms with Gasteiger partial charge in [0, 0.05) is 0 Å². The van der Waals surface area contributed by atoms with Crippen molar-refractivity contribution in [1.82, 2.24) is 0 Å². The first-order valence-corrected chi connectivity index (χ1v) is 21.0. The van der Waals surface area contributed by atoms with Gasteiger partial charge in [0.25, 0.3) is 0 Å². The number of aryl methyl sites for hydroxylation is 2.